The Morgan fingerprint density at radius 3 is 2.40 bits per heavy atom. The molecule has 0 aromatic rings. The summed E-state index contributed by atoms with van der Waals surface area (Å²) >= 11 is 0. The van der Waals surface area contributed by atoms with E-state index in [1.165, 1.54) is 0 Å². The first kappa shape index (κ1) is 14.4. The summed E-state index contributed by atoms with van der Waals surface area (Å²) in [5.74, 6) is 0.665. The normalized spacial score (nSPS) is 11.9. The lowest BCUT2D eigenvalue weighted by Crippen LogP contribution is -2.41. The lowest BCUT2D eigenvalue weighted by atomic mass is 9.81. The van der Waals surface area contributed by atoms with Crippen molar-refractivity contribution in [2.24, 2.45) is 11.3 Å². The second kappa shape index (κ2) is 6.83. The fourth-order valence-corrected chi connectivity index (χ4v) is 0.972. The van der Waals surface area contributed by atoms with Crippen molar-refractivity contribution in [3.63, 3.8) is 0 Å². The number of rotatable bonds is 7. The van der Waals surface area contributed by atoms with E-state index in [-0.39, 0.29) is 11.3 Å². The summed E-state index contributed by atoms with van der Waals surface area (Å²) < 4.78 is 0. The second-order valence-electron chi connectivity index (χ2n) is 5.10. The maximum atomic E-state index is 11.4. The van der Waals surface area contributed by atoms with Crippen LogP contribution in [0.5, 0.6) is 0 Å². The monoisotopic (exact) mass is 214 g/mol. The zero-order valence-corrected chi connectivity index (χ0v) is 10.8. The van der Waals surface area contributed by atoms with Crippen LogP contribution in [0.15, 0.2) is 0 Å². The molecule has 3 nitrogen and oxygen atoms in total. The van der Waals surface area contributed by atoms with E-state index in [1.54, 1.807) is 0 Å². The van der Waals surface area contributed by atoms with Crippen LogP contribution in [0.2, 0.25) is 0 Å². The Hall–Kier alpha value is -0.570. The van der Waals surface area contributed by atoms with Crippen LogP contribution in [-0.2, 0) is 4.79 Å². The number of amides is 1. The van der Waals surface area contributed by atoms with E-state index in [4.69, 9.17) is 0 Å². The van der Waals surface area contributed by atoms with Crippen LogP contribution < -0.4 is 10.6 Å². The highest BCUT2D eigenvalue weighted by Gasteiger charge is 2.22. The van der Waals surface area contributed by atoms with E-state index < -0.39 is 0 Å². The molecule has 0 aromatic carbocycles. The van der Waals surface area contributed by atoms with Crippen LogP contribution in [0.25, 0.3) is 0 Å². The van der Waals surface area contributed by atoms with E-state index >= 15 is 0 Å². The lowest BCUT2D eigenvalue weighted by Gasteiger charge is -2.29. The molecular weight excluding hydrogens is 188 g/mol. The first-order valence-electron chi connectivity index (χ1n) is 5.87. The fraction of sp³-hybridized carbons (Fsp3) is 0.917. The Morgan fingerprint density at radius 2 is 1.93 bits per heavy atom. The number of nitrogens with one attached hydrogen (secondary N) is 2. The number of hydrogen-bond donors (Lipinski definition) is 2. The Balaban J connectivity index is 3.71. The average molecular weight is 214 g/mol. The molecule has 0 saturated carbocycles. The fourth-order valence-electron chi connectivity index (χ4n) is 0.972. The number of hydrogen-bond acceptors (Lipinski definition) is 2. The van der Waals surface area contributed by atoms with Gasteiger partial charge in [-0.1, -0.05) is 34.6 Å². The predicted octanol–water partition coefficient (Wildman–Crippen LogP) is 1.78. The van der Waals surface area contributed by atoms with Crippen molar-refractivity contribution < 1.29 is 4.79 Å². The molecule has 0 aliphatic rings. The Kier molecular flexibility index (Phi) is 6.57. The summed E-state index contributed by atoms with van der Waals surface area (Å²) in [4.78, 5) is 11.4. The zero-order chi connectivity index (χ0) is 11.9. The molecule has 0 atom stereocenters. The van der Waals surface area contributed by atoms with Gasteiger partial charge in [-0.2, -0.15) is 0 Å². The smallest absolute Gasteiger partial charge is 0.233 e. The molecule has 2 N–H and O–H groups in total. The summed E-state index contributed by atoms with van der Waals surface area (Å²) in [7, 11) is 0. The minimum atomic E-state index is 0.0946. The maximum Gasteiger partial charge on any atom is 0.233 e. The third kappa shape index (κ3) is 6.50. The van der Waals surface area contributed by atoms with Crippen molar-refractivity contribution in [1.29, 1.82) is 0 Å². The summed E-state index contributed by atoms with van der Waals surface area (Å²) in [6.45, 7) is 12.9. The Morgan fingerprint density at radius 1 is 1.33 bits per heavy atom. The van der Waals surface area contributed by atoms with Crippen molar-refractivity contribution in [1.82, 2.24) is 10.6 Å². The van der Waals surface area contributed by atoms with Crippen molar-refractivity contribution >= 4 is 5.91 Å². The SMILES string of the molecule is CCCNCC(=O)NCC(C)(C)C(C)C. The molecule has 0 spiro atoms. The van der Waals surface area contributed by atoms with Gasteiger partial charge in [-0.05, 0) is 24.3 Å². The van der Waals surface area contributed by atoms with Crippen LogP contribution in [-0.4, -0.2) is 25.5 Å². The molecule has 15 heavy (non-hydrogen) atoms. The molecule has 0 aliphatic carbocycles. The molecule has 0 aliphatic heterocycles. The van der Waals surface area contributed by atoms with Gasteiger partial charge in [0.1, 0.15) is 0 Å². The van der Waals surface area contributed by atoms with Crippen molar-refractivity contribution in [2.75, 3.05) is 19.6 Å². The van der Waals surface area contributed by atoms with Crippen LogP contribution in [0, 0.1) is 11.3 Å². The Bertz CT molecular complexity index is 188. The van der Waals surface area contributed by atoms with Gasteiger partial charge < -0.3 is 10.6 Å². The van der Waals surface area contributed by atoms with Gasteiger partial charge in [-0.15, -0.1) is 0 Å². The first-order valence-corrected chi connectivity index (χ1v) is 5.87. The standard InChI is InChI=1S/C12H26N2O/c1-6-7-13-8-11(15)14-9-12(4,5)10(2)3/h10,13H,6-9H2,1-5H3,(H,14,15). The molecule has 1 amide bonds. The predicted molar refractivity (Wildman–Crippen MR) is 64.8 cm³/mol. The highest BCUT2D eigenvalue weighted by atomic mass is 16.1. The maximum absolute atomic E-state index is 11.4. The number of carbonyl (C=O) groups is 1. The summed E-state index contributed by atoms with van der Waals surface area (Å²) in [5.41, 5.74) is 0.167. The first-order chi connectivity index (χ1) is 6.90. The molecule has 3 heteroatoms. The van der Waals surface area contributed by atoms with Gasteiger partial charge in [0.05, 0.1) is 6.54 Å². The highest BCUT2D eigenvalue weighted by Crippen LogP contribution is 2.24. The molecule has 0 rings (SSSR count). The largest absolute Gasteiger partial charge is 0.354 e. The summed E-state index contributed by atoms with van der Waals surface area (Å²) in [5, 5.41) is 6.05. The van der Waals surface area contributed by atoms with Gasteiger partial charge in [-0.25, -0.2) is 0 Å². The van der Waals surface area contributed by atoms with Crippen LogP contribution >= 0.6 is 0 Å². The van der Waals surface area contributed by atoms with Crippen LogP contribution in [0.4, 0.5) is 0 Å². The van der Waals surface area contributed by atoms with E-state index in [1.807, 2.05) is 0 Å². The molecule has 0 unspecified atom stereocenters. The molecule has 0 saturated heterocycles. The van der Waals surface area contributed by atoms with E-state index in [2.05, 4.69) is 45.3 Å². The third-order valence-corrected chi connectivity index (χ3v) is 3.02. The zero-order valence-electron chi connectivity index (χ0n) is 10.8. The van der Waals surface area contributed by atoms with Gasteiger partial charge in [-0.3, -0.25) is 4.79 Å². The van der Waals surface area contributed by atoms with Gasteiger partial charge in [0.15, 0.2) is 0 Å². The Labute approximate surface area is 94.0 Å². The van der Waals surface area contributed by atoms with E-state index in [0.29, 0.717) is 12.5 Å². The summed E-state index contributed by atoms with van der Waals surface area (Å²) in [6.07, 6.45) is 1.06. The molecule has 0 bridgehead atoms. The van der Waals surface area contributed by atoms with Crippen LogP contribution in [0.3, 0.4) is 0 Å². The molecule has 0 radical (unpaired) electrons. The highest BCUT2D eigenvalue weighted by molar-refractivity contribution is 5.77. The summed E-state index contributed by atoms with van der Waals surface area (Å²) in [6, 6.07) is 0. The van der Waals surface area contributed by atoms with E-state index in [9.17, 15) is 4.79 Å². The quantitative estimate of drug-likeness (QED) is 0.634. The van der Waals surface area contributed by atoms with Gasteiger partial charge in [0.2, 0.25) is 5.91 Å². The van der Waals surface area contributed by atoms with Crippen LogP contribution in [0.1, 0.15) is 41.0 Å². The minimum Gasteiger partial charge on any atom is -0.354 e. The van der Waals surface area contributed by atoms with Gasteiger partial charge in [0, 0.05) is 6.54 Å². The molecule has 90 valence electrons. The molecular formula is C12H26N2O. The molecule has 0 aromatic heterocycles. The molecule has 0 heterocycles. The lowest BCUT2D eigenvalue weighted by molar-refractivity contribution is -0.120. The topological polar surface area (TPSA) is 41.1 Å². The van der Waals surface area contributed by atoms with Crippen molar-refractivity contribution in [3.05, 3.63) is 0 Å². The third-order valence-electron chi connectivity index (χ3n) is 3.02. The van der Waals surface area contributed by atoms with Gasteiger partial charge in [0.25, 0.3) is 0 Å². The van der Waals surface area contributed by atoms with Crippen molar-refractivity contribution in [2.45, 2.75) is 41.0 Å². The minimum absolute atomic E-state index is 0.0946. The second-order valence-corrected chi connectivity index (χ2v) is 5.10. The number of carbonyl (C=O) groups excluding carboxylic acids is 1. The van der Waals surface area contributed by atoms with Gasteiger partial charge >= 0.3 is 0 Å². The molecule has 0 fully saturated rings. The van der Waals surface area contributed by atoms with Crippen molar-refractivity contribution in [3.8, 4) is 0 Å². The van der Waals surface area contributed by atoms with E-state index in [0.717, 1.165) is 19.5 Å². The average Bonchev–Trinajstić information content (AvgIpc) is 2.15.